The van der Waals surface area contributed by atoms with Crippen LogP contribution < -0.4 is 5.32 Å². The van der Waals surface area contributed by atoms with E-state index in [0.29, 0.717) is 6.42 Å². The largest absolute Gasteiger partial charge is 0.467 e. The monoisotopic (exact) mass is 244 g/mol. The number of nitro groups is 1. The highest BCUT2D eigenvalue weighted by Crippen LogP contribution is 2.20. The minimum atomic E-state index is -1.04. The molecular weight excluding hydrogens is 232 g/mol. The molecule has 1 N–H and O–H groups in total. The van der Waals surface area contributed by atoms with Gasteiger partial charge in [0.2, 0.25) is 0 Å². The zero-order chi connectivity index (χ0) is 13.0. The summed E-state index contributed by atoms with van der Waals surface area (Å²) in [5, 5.41) is 13.3. The zero-order valence-electron chi connectivity index (χ0n) is 9.39. The summed E-state index contributed by atoms with van der Waals surface area (Å²) in [4.78, 5) is 32.3. The molecule has 0 aliphatic carbocycles. The van der Waals surface area contributed by atoms with E-state index in [2.05, 4.69) is 14.8 Å². The molecule has 0 unspecified atom stereocenters. The van der Waals surface area contributed by atoms with Crippen LogP contribution in [0.25, 0.3) is 0 Å². The SMILES string of the molecule is COC(=O)C(=C1CC[C@H](C(=O)OC)N1)[N+](=O)[O-]. The second-order valence-electron chi connectivity index (χ2n) is 3.33. The highest BCUT2D eigenvalue weighted by Gasteiger charge is 2.35. The molecule has 94 valence electrons. The van der Waals surface area contributed by atoms with E-state index in [1.165, 1.54) is 7.11 Å². The Balaban J connectivity index is 2.94. The van der Waals surface area contributed by atoms with Crippen LogP contribution in [0.1, 0.15) is 12.8 Å². The highest BCUT2D eigenvalue weighted by atomic mass is 16.6. The molecule has 8 nitrogen and oxygen atoms in total. The van der Waals surface area contributed by atoms with Gasteiger partial charge in [-0.15, -0.1) is 0 Å². The maximum atomic E-state index is 11.2. The molecule has 0 amide bonds. The third-order valence-corrected chi connectivity index (χ3v) is 2.36. The molecule has 0 aromatic carbocycles. The van der Waals surface area contributed by atoms with Gasteiger partial charge in [-0.05, 0) is 12.8 Å². The Morgan fingerprint density at radius 3 is 2.53 bits per heavy atom. The van der Waals surface area contributed by atoms with Crippen molar-refractivity contribution in [2.75, 3.05) is 14.2 Å². The fourth-order valence-corrected chi connectivity index (χ4v) is 1.55. The van der Waals surface area contributed by atoms with Crippen LogP contribution in [0.15, 0.2) is 11.4 Å². The van der Waals surface area contributed by atoms with Crippen molar-refractivity contribution in [2.45, 2.75) is 18.9 Å². The molecule has 0 saturated carbocycles. The Bertz CT molecular complexity index is 389. The number of nitrogens with one attached hydrogen (secondary N) is 1. The number of esters is 2. The van der Waals surface area contributed by atoms with Gasteiger partial charge in [0, 0.05) is 0 Å². The third-order valence-electron chi connectivity index (χ3n) is 2.36. The van der Waals surface area contributed by atoms with E-state index in [1.54, 1.807) is 0 Å². The summed E-state index contributed by atoms with van der Waals surface area (Å²) in [5.74, 6) is -1.56. The van der Waals surface area contributed by atoms with Gasteiger partial charge in [-0.25, -0.2) is 9.59 Å². The smallest absolute Gasteiger partial charge is 0.411 e. The Morgan fingerprint density at radius 1 is 1.41 bits per heavy atom. The molecule has 1 aliphatic heterocycles. The predicted octanol–water partition coefficient (Wildman–Crippen LogP) is -0.427. The Hall–Kier alpha value is -2.12. The van der Waals surface area contributed by atoms with Gasteiger partial charge >= 0.3 is 17.6 Å². The van der Waals surface area contributed by atoms with Crippen molar-refractivity contribution in [3.05, 3.63) is 21.5 Å². The van der Waals surface area contributed by atoms with Gasteiger partial charge in [0.25, 0.3) is 0 Å². The molecular formula is C9H12N2O6. The Kier molecular flexibility index (Phi) is 4.02. The van der Waals surface area contributed by atoms with Gasteiger partial charge in [0.1, 0.15) is 6.04 Å². The lowest BCUT2D eigenvalue weighted by Crippen LogP contribution is -2.32. The van der Waals surface area contributed by atoms with Crippen molar-refractivity contribution in [1.29, 1.82) is 0 Å². The molecule has 8 heteroatoms. The average molecular weight is 244 g/mol. The van der Waals surface area contributed by atoms with Crippen molar-refractivity contribution < 1.29 is 24.0 Å². The molecule has 1 atom stereocenters. The Morgan fingerprint density at radius 2 is 2.06 bits per heavy atom. The Labute approximate surface area is 96.7 Å². The molecule has 0 aromatic rings. The normalized spacial score (nSPS) is 21.4. The van der Waals surface area contributed by atoms with Gasteiger partial charge in [-0.2, -0.15) is 0 Å². The third kappa shape index (κ3) is 2.71. The number of hydrogen-bond acceptors (Lipinski definition) is 7. The lowest BCUT2D eigenvalue weighted by molar-refractivity contribution is -0.422. The fourth-order valence-electron chi connectivity index (χ4n) is 1.55. The summed E-state index contributed by atoms with van der Waals surface area (Å²) < 4.78 is 8.81. The lowest BCUT2D eigenvalue weighted by Gasteiger charge is -2.07. The first-order chi connectivity index (χ1) is 8.01. The lowest BCUT2D eigenvalue weighted by atomic mass is 10.2. The van der Waals surface area contributed by atoms with Crippen LogP contribution in [-0.4, -0.2) is 37.1 Å². The number of methoxy groups -OCH3 is 2. The average Bonchev–Trinajstić information content (AvgIpc) is 2.76. The van der Waals surface area contributed by atoms with Crippen molar-refractivity contribution in [3.63, 3.8) is 0 Å². The van der Waals surface area contributed by atoms with E-state index in [4.69, 9.17) is 0 Å². The maximum Gasteiger partial charge on any atom is 0.411 e. The van der Waals surface area contributed by atoms with Gasteiger partial charge < -0.3 is 14.8 Å². The standard InChI is InChI=1S/C9H12N2O6/c1-16-8(12)6-4-3-5(10-6)7(11(14)15)9(13)17-2/h6,10H,3-4H2,1-2H3/t6-/m1/s1. The van der Waals surface area contributed by atoms with Gasteiger partial charge in [0.05, 0.1) is 24.8 Å². The molecule has 0 aromatic heterocycles. The second kappa shape index (κ2) is 5.28. The van der Waals surface area contributed by atoms with Crippen LogP contribution in [0.5, 0.6) is 0 Å². The van der Waals surface area contributed by atoms with Crippen LogP contribution in [-0.2, 0) is 19.1 Å². The first kappa shape index (κ1) is 12.9. The molecule has 0 spiro atoms. The number of ether oxygens (including phenoxy) is 2. The quantitative estimate of drug-likeness (QED) is 0.310. The number of allylic oxidation sites excluding steroid dienone is 1. The molecule has 0 bridgehead atoms. The van der Waals surface area contributed by atoms with Gasteiger partial charge in [-0.1, -0.05) is 0 Å². The van der Waals surface area contributed by atoms with Crippen LogP contribution in [0.2, 0.25) is 0 Å². The topological polar surface area (TPSA) is 108 Å². The number of hydrogen-bond donors (Lipinski definition) is 1. The molecule has 1 aliphatic rings. The van der Waals surface area contributed by atoms with Crippen LogP contribution in [0.4, 0.5) is 0 Å². The van der Waals surface area contributed by atoms with E-state index in [0.717, 1.165) is 7.11 Å². The van der Waals surface area contributed by atoms with E-state index < -0.39 is 28.6 Å². The van der Waals surface area contributed by atoms with Crippen LogP contribution in [0.3, 0.4) is 0 Å². The minimum absolute atomic E-state index is 0.0947. The van der Waals surface area contributed by atoms with Crippen molar-refractivity contribution in [2.24, 2.45) is 0 Å². The molecule has 0 radical (unpaired) electrons. The minimum Gasteiger partial charge on any atom is -0.467 e. The maximum absolute atomic E-state index is 11.2. The zero-order valence-corrected chi connectivity index (χ0v) is 9.39. The molecule has 1 saturated heterocycles. The van der Waals surface area contributed by atoms with E-state index in [1.807, 2.05) is 0 Å². The van der Waals surface area contributed by atoms with Crippen LogP contribution in [0, 0.1) is 10.1 Å². The summed E-state index contributed by atoms with van der Waals surface area (Å²) >= 11 is 0. The molecule has 1 rings (SSSR count). The van der Waals surface area contributed by atoms with E-state index in [9.17, 15) is 19.7 Å². The first-order valence-corrected chi connectivity index (χ1v) is 4.81. The summed E-state index contributed by atoms with van der Waals surface area (Å²) in [6, 6.07) is -0.658. The van der Waals surface area contributed by atoms with Crippen molar-refractivity contribution in [1.82, 2.24) is 5.32 Å². The summed E-state index contributed by atoms with van der Waals surface area (Å²) in [7, 11) is 2.28. The second-order valence-corrected chi connectivity index (χ2v) is 3.33. The summed E-state index contributed by atoms with van der Waals surface area (Å²) in [6.45, 7) is 0. The van der Waals surface area contributed by atoms with E-state index >= 15 is 0 Å². The summed E-state index contributed by atoms with van der Waals surface area (Å²) in [5.41, 5.74) is -0.573. The van der Waals surface area contributed by atoms with Crippen LogP contribution >= 0.6 is 0 Å². The van der Waals surface area contributed by atoms with Crippen molar-refractivity contribution >= 4 is 11.9 Å². The number of carbonyl (C=O) groups excluding carboxylic acids is 2. The molecule has 17 heavy (non-hydrogen) atoms. The van der Waals surface area contributed by atoms with Gasteiger partial charge in [0.15, 0.2) is 0 Å². The molecule has 1 heterocycles. The van der Waals surface area contributed by atoms with E-state index in [-0.39, 0.29) is 12.1 Å². The first-order valence-electron chi connectivity index (χ1n) is 4.81. The van der Waals surface area contributed by atoms with Crippen molar-refractivity contribution in [3.8, 4) is 0 Å². The number of nitrogens with zero attached hydrogens (tertiary/aromatic N) is 1. The number of rotatable bonds is 3. The van der Waals surface area contributed by atoms with Gasteiger partial charge in [-0.3, -0.25) is 10.1 Å². The summed E-state index contributed by atoms with van der Waals surface area (Å²) in [6.07, 6.45) is 0.571. The molecule has 1 fully saturated rings. The number of carbonyl (C=O) groups is 2. The predicted molar refractivity (Wildman–Crippen MR) is 54.2 cm³/mol. The fraction of sp³-hybridized carbons (Fsp3) is 0.556. The highest BCUT2D eigenvalue weighted by molar-refractivity contribution is 5.87.